The molecule has 2 N–H and O–H groups in total. The molecule has 1 heterocycles. The van der Waals surface area contributed by atoms with Crippen molar-refractivity contribution in [3.63, 3.8) is 0 Å². The van der Waals surface area contributed by atoms with Gasteiger partial charge in [-0.1, -0.05) is 0 Å². The Morgan fingerprint density at radius 3 is 2.77 bits per heavy atom. The number of nitrogens with zero attached hydrogens (tertiary/aromatic N) is 4. The van der Waals surface area contributed by atoms with E-state index in [0.717, 1.165) is 6.07 Å². The third-order valence-corrected chi connectivity index (χ3v) is 3.26. The van der Waals surface area contributed by atoms with Crippen molar-refractivity contribution >= 4 is 33.8 Å². The van der Waals surface area contributed by atoms with Gasteiger partial charge in [0.25, 0.3) is 0 Å². The van der Waals surface area contributed by atoms with Crippen LogP contribution in [0.15, 0.2) is 22.7 Å². The summed E-state index contributed by atoms with van der Waals surface area (Å²) in [5.74, 6) is -0.648. The number of nitrogen functional groups attached to an aromatic ring is 1. The monoisotopic (exact) mass is 369 g/mol. The molecule has 2 rings (SSSR count). The lowest BCUT2D eigenvalue weighted by molar-refractivity contribution is 0.0460. The molecule has 2 aromatic rings. The van der Waals surface area contributed by atoms with Gasteiger partial charge in [0.2, 0.25) is 11.9 Å². The topological polar surface area (TPSA) is 94.2 Å². The smallest absolute Gasteiger partial charge is 0.339 e. The van der Waals surface area contributed by atoms with Crippen molar-refractivity contribution in [2.45, 2.75) is 6.61 Å². The molecule has 0 aliphatic heterocycles. The molecule has 9 heteroatoms. The summed E-state index contributed by atoms with van der Waals surface area (Å²) < 4.78 is 18.7. The highest BCUT2D eigenvalue weighted by Gasteiger charge is 2.14. The van der Waals surface area contributed by atoms with E-state index in [1.807, 2.05) is 0 Å². The molecule has 0 saturated heterocycles. The first-order chi connectivity index (χ1) is 10.4. The lowest BCUT2D eigenvalue weighted by atomic mass is 10.2. The number of carbonyl (C=O) groups excluding carboxylic acids is 1. The van der Waals surface area contributed by atoms with E-state index in [4.69, 9.17) is 10.5 Å². The van der Waals surface area contributed by atoms with Gasteiger partial charge in [0, 0.05) is 18.6 Å². The van der Waals surface area contributed by atoms with Crippen molar-refractivity contribution < 1.29 is 13.9 Å². The van der Waals surface area contributed by atoms with Crippen molar-refractivity contribution in [2.24, 2.45) is 0 Å². The Hall–Kier alpha value is -2.29. The van der Waals surface area contributed by atoms with Gasteiger partial charge in [-0.2, -0.15) is 15.0 Å². The molecule has 0 atom stereocenters. The second kappa shape index (κ2) is 6.65. The molecule has 22 heavy (non-hydrogen) atoms. The molecule has 1 aromatic heterocycles. The average molecular weight is 370 g/mol. The highest BCUT2D eigenvalue weighted by Crippen LogP contribution is 2.19. The summed E-state index contributed by atoms with van der Waals surface area (Å²) in [5, 5.41) is 0. The Balaban J connectivity index is 2.13. The average Bonchev–Trinajstić information content (AvgIpc) is 2.46. The molecule has 0 amide bonds. The predicted octanol–water partition coefficient (Wildman–Crippen LogP) is 1.78. The van der Waals surface area contributed by atoms with Crippen molar-refractivity contribution in [1.29, 1.82) is 0 Å². The van der Waals surface area contributed by atoms with E-state index >= 15 is 0 Å². The molecule has 1 aromatic carbocycles. The molecule has 0 aliphatic rings. The molecule has 116 valence electrons. The van der Waals surface area contributed by atoms with Crippen molar-refractivity contribution in [3.05, 3.63) is 39.9 Å². The zero-order valence-corrected chi connectivity index (χ0v) is 13.5. The van der Waals surface area contributed by atoms with Gasteiger partial charge in [-0.3, -0.25) is 0 Å². The molecular formula is C13H13BrFN5O2. The number of rotatable bonds is 4. The van der Waals surface area contributed by atoms with Crippen LogP contribution >= 0.6 is 15.9 Å². The third kappa shape index (κ3) is 3.88. The molecule has 7 nitrogen and oxygen atoms in total. The molecule has 0 spiro atoms. The van der Waals surface area contributed by atoms with Crippen LogP contribution in [0.5, 0.6) is 0 Å². The van der Waals surface area contributed by atoms with E-state index in [0.29, 0.717) is 10.4 Å². The van der Waals surface area contributed by atoms with E-state index in [-0.39, 0.29) is 23.9 Å². The zero-order valence-electron chi connectivity index (χ0n) is 11.9. The van der Waals surface area contributed by atoms with Gasteiger partial charge in [0.15, 0.2) is 12.4 Å². The first kappa shape index (κ1) is 16.1. The maximum absolute atomic E-state index is 13.2. The van der Waals surface area contributed by atoms with E-state index in [1.54, 1.807) is 19.0 Å². The quantitative estimate of drug-likeness (QED) is 0.820. The standard InChI is InChI=1S/C13H13BrFN5O2/c1-20(2)13-18-10(17-12(16)19-13)6-22-11(21)8-5-7(15)3-4-9(8)14/h3-5H,6H2,1-2H3,(H2,16,17,18,19). The largest absolute Gasteiger partial charge is 0.454 e. The maximum Gasteiger partial charge on any atom is 0.339 e. The molecule has 0 radical (unpaired) electrons. The second-order valence-corrected chi connectivity index (χ2v) is 5.36. The SMILES string of the molecule is CN(C)c1nc(N)nc(COC(=O)c2cc(F)ccc2Br)n1. The van der Waals surface area contributed by atoms with Crippen LogP contribution in [0.4, 0.5) is 16.3 Å². The van der Waals surface area contributed by atoms with Crippen molar-refractivity contribution in [2.75, 3.05) is 24.7 Å². The second-order valence-electron chi connectivity index (χ2n) is 4.50. The van der Waals surface area contributed by atoms with Crippen LogP contribution in [0, 0.1) is 5.82 Å². The van der Waals surface area contributed by atoms with E-state index < -0.39 is 11.8 Å². The van der Waals surface area contributed by atoms with Gasteiger partial charge in [-0.25, -0.2) is 9.18 Å². The third-order valence-electron chi connectivity index (χ3n) is 2.57. The fourth-order valence-corrected chi connectivity index (χ4v) is 1.96. The van der Waals surface area contributed by atoms with Gasteiger partial charge in [0.1, 0.15) is 5.82 Å². The zero-order chi connectivity index (χ0) is 16.3. The van der Waals surface area contributed by atoms with Gasteiger partial charge in [-0.05, 0) is 34.1 Å². The summed E-state index contributed by atoms with van der Waals surface area (Å²) >= 11 is 3.16. The predicted molar refractivity (Wildman–Crippen MR) is 81.8 cm³/mol. The highest BCUT2D eigenvalue weighted by atomic mass is 79.9. The number of nitrogens with two attached hydrogens (primary N) is 1. The number of anilines is 2. The fourth-order valence-electron chi connectivity index (χ4n) is 1.55. The number of halogens is 2. The van der Waals surface area contributed by atoms with Crippen LogP contribution in [-0.4, -0.2) is 35.0 Å². The minimum atomic E-state index is -0.697. The van der Waals surface area contributed by atoms with Crippen LogP contribution in [0.3, 0.4) is 0 Å². The van der Waals surface area contributed by atoms with Crippen molar-refractivity contribution in [3.8, 4) is 0 Å². The molecular weight excluding hydrogens is 357 g/mol. The highest BCUT2D eigenvalue weighted by molar-refractivity contribution is 9.10. The Labute approximate surface area is 134 Å². The van der Waals surface area contributed by atoms with Crippen LogP contribution in [-0.2, 0) is 11.3 Å². The molecule has 0 aliphatic carbocycles. The van der Waals surface area contributed by atoms with E-state index in [1.165, 1.54) is 12.1 Å². The normalized spacial score (nSPS) is 10.4. The summed E-state index contributed by atoms with van der Waals surface area (Å²) in [4.78, 5) is 25.5. The van der Waals surface area contributed by atoms with Gasteiger partial charge in [0.05, 0.1) is 5.56 Å². The van der Waals surface area contributed by atoms with Crippen molar-refractivity contribution in [1.82, 2.24) is 15.0 Å². The Morgan fingerprint density at radius 1 is 1.36 bits per heavy atom. The summed E-state index contributed by atoms with van der Waals surface area (Å²) in [6.45, 7) is -0.199. The number of hydrogen-bond donors (Lipinski definition) is 1. The van der Waals surface area contributed by atoms with E-state index in [2.05, 4.69) is 30.9 Å². The van der Waals surface area contributed by atoms with Gasteiger partial charge < -0.3 is 15.4 Å². The molecule has 0 saturated carbocycles. The minimum Gasteiger partial charge on any atom is -0.454 e. The molecule has 0 fully saturated rings. The number of carbonyl (C=O) groups is 1. The summed E-state index contributed by atoms with van der Waals surface area (Å²) in [5.41, 5.74) is 5.65. The van der Waals surface area contributed by atoms with Crippen LogP contribution in [0.25, 0.3) is 0 Å². The Morgan fingerprint density at radius 2 is 2.09 bits per heavy atom. The lowest BCUT2D eigenvalue weighted by Gasteiger charge is -2.11. The Bertz CT molecular complexity index is 711. The summed E-state index contributed by atoms with van der Waals surface area (Å²) in [6, 6.07) is 3.74. The molecule has 0 unspecified atom stereocenters. The maximum atomic E-state index is 13.2. The number of ether oxygens (including phenoxy) is 1. The number of hydrogen-bond acceptors (Lipinski definition) is 7. The molecule has 0 bridgehead atoms. The first-order valence-corrected chi connectivity index (χ1v) is 6.96. The minimum absolute atomic E-state index is 0.0247. The number of aromatic nitrogens is 3. The van der Waals surface area contributed by atoms with Crippen LogP contribution in [0.1, 0.15) is 16.2 Å². The van der Waals surface area contributed by atoms with Gasteiger partial charge in [-0.15, -0.1) is 0 Å². The lowest BCUT2D eigenvalue weighted by Crippen LogP contribution is -2.17. The van der Waals surface area contributed by atoms with E-state index in [9.17, 15) is 9.18 Å². The Kier molecular flexibility index (Phi) is 4.86. The summed E-state index contributed by atoms with van der Waals surface area (Å²) in [6.07, 6.45) is 0. The fraction of sp³-hybridized carbons (Fsp3) is 0.231. The number of benzene rings is 1. The van der Waals surface area contributed by atoms with Crippen LogP contribution in [0.2, 0.25) is 0 Å². The van der Waals surface area contributed by atoms with Gasteiger partial charge >= 0.3 is 5.97 Å². The summed E-state index contributed by atoms with van der Waals surface area (Å²) in [7, 11) is 3.49. The first-order valence-electron chi connectivity index (χ1n) is 6.16. The number of esters is 1. The van der Waals surface area contributed by atoms with Crippen LogP contribution < -0.4 is 10.6 Å².